The van der Waals surface area contributed by atoms with Crippen molar-refractivity contribution < 1.29 is 19.6 Å². The molecule has 0 atom stereocenters. The third-order valence-corrected chi connectivity index (χ3v) is 5.93. The Morgan fingerprint density at radius 3 is 2.76 bits per heavy atom. The first kappa shape index (κ1) is 25.7. The number of aryl methyl sites for hydroxylation is 1. The van der Waals surface area contributed by atoms with Gasteiger partial charge in [-0.1, -0.05) is 35.0 Å². The summed E-state index contributed by atoms with van der Waals surface area (Å²) in [5.41, 5.74) is 0.989. The molecule has 1 aromatic heterocycles. The number of halogens is 1. The molecule has 0 spiro atoms. The Morgan fingerprint density at radius 1 is 1.22 bits per heavy atom. The van der Waals surface area contributed by atoms with E-state index in [9.17, 15) is 24.8 Å². The minimum absolute atomic E-state index is 0.0202. The maximum Gasteiger partial charge on any atom is 0.335 e. The number of ether oxygens (including phenoxy) is 1. The van der Waals surface area contributed by atoms with Crippen molar-refractivity contribution in [3.8, 4) is 5.75 Å². The number of non-ortho nitro benzene ring substituents is 1. The predicted octanol–water partition coefficient (Wildman–Crippen LogP) is 5.18. The predicted molar refractivity (Wildman–Crippen MR) is 142 cm³/mol. The molecule has 1 heterocycles. The summed E-state index contributed by atoms with van der Waals surface area (Å²) in [7, 11) is 0. The van der Waals surface area contributed by atoms with Gasteiger partial charge in [0.25, 0.3) is 11.2 Å². The number of carboxylic acid groups (broad SMARTS) is 1. The number of aromatic nitrogens is 2. The number of carbonyl (C=O) groups is 1. The molecule has 37 heavy (non-hydrogen) atoms. The van der Waals surface area contributed by atoms with Crippen LogP contribution in [-0.2, 0) is 13.0 Å². The second-order valence-electron chi connectivity index (χ2n) is 8.07. The van der Waals surface area contributed by atoms with Crippen molar-refractivity contribution in [3.63, 3.8) is 0 Å². The Balaban J connectivity index is 1.74. The fourth-order valence-corrected chi connectivity index (χ4v) is 4.02. The van der Waals surface area contributed by atoms with Crippen molar-refractivity contribution in [3.05, 3.63) is 108 Å². The normalized spacial score (nSPS) is 11.2. The molecule has 0 unspecified atom stereocenters. The van der Waals surface area contributed by atoms with E-state index in [2.05, 4.69) is 26.0 Å². The summed E-state index contributed by atoms with van der Waals surface area (Å²) < 4.78 is 7.77. The minimum atomic E-state index is -1.06. The van der Waals surface area contributed by atoms with Crippen LogP contribution in [0.25, 0.3) is 10.9 Å². The van der Waals surface area contributed by atoms with Crippen LogP contribution in [0.15, 0.2) is 75.0 Å². The summed E-state index contributed by atoms with van der Waals surface area (Å²) in [5.74, 6) is -0.331. The number of nitrogens with zero attached hydrogens (tertiary/aromatic N) is 4. The first-order chi connectivity index (χ1) is 17.8. The van der Waals surface area contributed by atoms with Gasteiger partial charge in [0.2, 0.25) is 0 Å². The molecule has 10 nitrogen and oxygen atoms in total. The van der Waals surface area contributed by atoms with E-state index in [-0.39, 0.29) is 34.7 Å². The van der Waals surface area contributed by atoms with E-state index in [0.717, 1.165) is 10.9 Å². The number of nitro groups is 1. The van der Waals surface area contributed by atoms with E-state index in [1.807, 2.05) is 6.92 Å². The molecule has 0 radical (unpaired) electrons. The van der Waals surface area contributed by atoms with Crippen molar-refractivity contribution in [2.45, 2.75) is 26.4 Å². The van der Waals surface area contributed by atoms with Crippen molar-refractivity contribution >= 4 is 44.7 Å². The number of benzene rings is 3. The third-order valence-electron chi connectivity index (χ3n) is 5.43. The highest BCUT2D eigenvalue weighted by Gasteiger charge is 2.14. The molecule has 188 valence electrons. The van der Waals surface area contributed by atoms with Gasteiger partial charge >= 0.3 is 5.97 Å². The number of nitro benzene ring substituents is 1. The lowest BCUT2D eigenvalue weighted by Crippen LogP contribution is -2.22. The highest BCUT2D eigenvalue weighted by atomic mass is 79.9. The van der Waals surface area contributed by atoms with Gasteiger partial charge in [0.15, 0.2) is 0 Å². The third kappa shape index (κ3) is 5.89. The zero-order chi connectivity index (χ0) is 26.5. The average molecular weight is 565 g/mol. The Kier molecular flexibility index (Phi) is 7.73. The van der Waals surface area contributed by atoms with E-state index in [4.69, 9.17) is 4.74 Å². The van der Waals surface area contributed by atoms with Crippen LogP contribution in [-0.4, -0.2) is 31.9 Å². The molecule has 0 bridgehead atoms. The van der Waals surface area contributed by atoms with Gasteiger partial charge in [0, 0.05) is 28.6 Å². The summed E-state index contributed by atoms with van der Waals surface area (Å²) in [4.78, 5) is 39.9. The molecule has 11 heteroatoms. The fraction of sp³-hybridized carbons (Fsp3) is 0.154. The lowest BCUT2D eigenvalue weighted by Gasteiger charge is -2.11. The number of carboxylic acids is 1. The molecule has 0 aliphatic heterocycles. The first-order valence-corrected chi connectivity index (χ1v) is 12.0. The Bertz CT molecular complexity index is 1600. The van der Waals surface area contributed by atoms with Crippen LogP contribution in [0.5, 0.6) is 5.75 Å². The van der Waals surface area contributed by atoms with Gasteiger partial charge < -0.3 is 9.84 Å². The average Bonchev–Trinajstić information content (AvgIpc) is 2.88. The van der Waals surface area contributed by atoms with Gasteiger partial charge in [-0.05, 0) is 48.4 Å². The van der Waals surface area contributed by atoms with Crippen LogP contribution < -0.4 is 10.3 Å². The smallest absolute Gasteiger partial charge is 0.335 e. The van der Waals surface area contributed by atoms with E-state index in [1.165, 1.54) is 41.2 Å². The summed E-state index contributed by atoms with van der Waals surface area (Å²) in [6, 6.07) is 15.5. The summed E-state index contributed by atoms with van der Waals surface area (Å²) >= 11 is 3.37. The van der Waals surface area contributed by atoms with E-state index in [0.29, 0.717) is 28.7 Å². The molecule has 4 aromatic rings. The van der Waals surface area contributed by atoms with Gasteiger partial charge in [-0.15, -0.1) is 0 Å². The highest BCUT2D eigenvalue weighted by molar-refractivity contribution is 9.10. The van der Waals surface area contributed by atoms with Crippen LogP contribution in [0.4, 0.5) is 5.69 Å². The second-order valence-corrected chi connectivity index (χ2v) is 8.99. The number of rotatable bonds is 9. The van der Waals surface area contributed by atoms with E-state index >= 15 is 0 Å². The molecule has 1 N–H and O–H groups in total. The lowest BCUT2D eigenvalue weighted by molar-refractivity contribution is -0.384. The Hall–Kier alpha value is -4.38. The van der Waals surface area contributed by atoms with E-state index < -0.39 is 10.9 Å². The van der Waals surface area contributed by atoms with Crippen LogP contribution >= 0.6 is 15.9 Å². The lowest BCUT2D eigenvalue weighted by atomic mass is 10.1. The largest absolute Gasteiger partial charge is 0.488 e. The molecular formula is C26H21BrN4O6. The number of hydrogen-bond donors (Lipinski definition) is 1. The zero-order valence-corrected chi connectivity index (χ0v) is 21.2. The summed E-state index contributed by atoms with van der Waals surface area (Å²) in [6.07, 6.45) is 2.55. The maximum absolute atomic E-state index is 13.3. The van der Waals surface area contributed by atoms with Crippen molar-refractivity contribution in [1.82, 2.24) is 9.66 Å². The van der Waals surface area contributed by atoms with Gasteiger partial charge in [0.1, 0.15) is 18.2 Å². The second kappa shape index (κ2) is 11.1. The minimum Gasteiger partial charge on any atom is -0.488 e. The van der Waals surface area contributed by atoms with Crippen LogP contribution in [0.3, 0.4) is 0 Å². The summed E-state index contributed by atoms with van der Waals surface area (Å²) in [6.45, 7) is 1.98. The van der Waals surface area contributed by atoms with Gasteiger partial charge in [0.05, 0.1) is 27.6 Å². The molecule has 0 saturated carbocycles. The first-order valence-electron chi connectivity index (χ1n) is 11.3. The van der Waals surface area contributed by atoms with Crippen LogP contribution in [0.1, 0.15) is 40.7 Å². The zero-order valence-electron chi connectivity index (χ0n) is 19.6. The van der Waals surface area contributed by atoms with Gasteiger partial charge in [-0.2, -0.15) is 9.78 Å². The number of fused-ring (bicyclic) bond motifs is 1. The summed E-state index contributed by atoms with van der Waals surface area (Å²) in [5, 5.41) is 25.3. The molecular weight excluding hydrogens is 544 g/mol. The van der Waals surface area contributed by atoms with Crippen LogP contribution in [0, 0.1) is 10.1 Å². The fourth-order valence-electron chi connectivity index (χ4n) is 3.66. The van der Waals surface area contributed by atoms with Crippen molar-refractivity contribution in [2.24, 2.45) is 5.10 Å². The SMILES string of the molecule is CCCc1nc2ccc(Br)cc2c(=O)n1N=Cc1cc([N+](=O)[O-])ccc1OCc1cccc(C(=O)O)c1. The quantitative estimate of drug-likeness (QED) is 0.168. The molecule has 3 aromatic carbocycles. The van der Waals surface area contributed by atoms with Gasteiger partial charge in [-0.25, -0.2) is 9.78 Å². The standard InChI is InChI=1S/C26H21BrN4O6/c1-2-4-24-29-22-9-7-19(27)13-21(22)25(32)30(24)28-14-18-12-20(31(35)36)8-10-23(18)37-15-16-5-3-6-17(11-16)26(33)34/h3,5-14H,2,4,15H2,1H3,(H,33,34). The van der Waals surface area contributed by atoms with Crippen molar-refractivity contribution in [2.75, 3.05) is 0 Å². The molecule has 0 aliphatic rings. The molecule has 0 fully saturated rings. The Morgan fingerprint density at radius 2 is 2.03 bits per heavy atom. The molecule has 0 amide bonds. The Labute approximate surface area is 219 Å². The number of hydrogen-bond acceptors (Lipinski definition) is 7. The number of aromatic carboxylic acids is 1. The van der Waals surface area contributed by atoms with E-state index in [1.54, 1.807) is 30.3 Å². The van der Waals surface area contributed by atoms with Crippen molar-refractivity contribution in [1.29, 1.82) is 0 Å². The monoisotopic (exact) mass is 564 g/mol. The molecule has 4 rings (SSSR count). The molecule has 0 saturated heterocycles. The van der Waals surface area contributed by atoms with Gasteiger partial charge in [-0.3, -0.25) is 14.9 Å². The topological polar surface area (TPSA) is 137 Å². The maximum atomic E-state index is 13.3. The molecule has 0 aliphatic carbocycles. The highest BCUT2D eigenvalue weighted by Crippen LogP contribution is 2.24. The van der Waals surface area contributed by atoms with Crippen LogP contribution in [0.2, 0.25) is 0 Å².